The molecule has 0 aromatic carbocycles. The van der Waals surface area contributed by atoms with E-state index in [-0.39, 0.29) is 25.3 Å². The second-order valence-corrected chi connectivity index (χ2v) is 12.9. The summed E-state index contributed by atoms with van der Waals surface area (Å²) in [5, 5.41) is 43.7. The second-order valence-electron chi connectivity index (χ2n) is 12.9. The number of nitrogens with zero attached hydrogens (tertiary/aromatic N) is 1. The summed E-state index contributed by atoms with van der Waals surface area (Å²) in [5.74, 6) is -9.46. The zero-order chi connectivity index (χ0) is 41.2. The van der Waals surface area contributed by atoms with Crippen LogP contribution in [0.25, 0.3) is 0 Å². The number of primary amides is 1. The Kier molecular flexibility index (Phi) is 21.2. The van der Waals surface area contributed by atoms with Gasteiger partial charge in [-0.2, -0.15) is 0 Å². The molecule has 0 aliphatic heterocycles. The molecule has 0 radical (unpaired) electrons. The number of nitrogens with two attached hydrogens (primary N) is 4. The molecule has 0 saturated heterocycles. The minimum absolute atomic E-state index is 0.0347. The van der Waals surface area contributed by atoms with Crippen LogP contribution in [0, 0.1) is 11.8 Å². The summed E-state index contributed by atoms with van der Waals surface area (Å²) < 4.78 is 0. The summed E-state index contributed by atoms with van der Waals surface area (Å²) in [6.45, 7) is 8.21. The number of carboxylic acids is 1. The Labute approximate surface area is 307 Å². The van der Waals surface area contributed by atoms with Crippen LogP contribution in [0.5, 0.6) is 0 Å². The standard InChI is InChI=1S/C31H57N11O11/c1-7-14(4)22(28(50)37-17(9-8-10-36-31(34)35)25(47)38-18(30(52)53)11-20(33)45)41-29(51)23(16(6)44)42-27(49)21(13(2)3)40-26(48)19(12-43)39-24(46)15(5)32/h13-19,21-23,43-44H,7-12,32H2,1-6H3,(H2,33,45)(H,37,50)(H,38,47)(H,39,46)(H,40,48)(H,41,51)(H,42,49)(H,52,53)(H4,34,35,36). The lowest BCUT2D eigenvalue weighted by Crippen LogP contribution is -2.63. The fourth-order valence-electron chi connectivity index (χ4n) is 4.59. The van der Waals surface area contributed by atoms with Gasteiger partial charge in [0.1, 0.15) is 36.3 Å². The number of carbonyl (C=O) groups is 8. The molecule has 0 rings (SSSR count). The van der Waals surface area contributed by atoms with Crippen LogP contribution in [0.4, 0.5) is 0 Å². The van der Waals surface area contributed by atoms with Crippen molar-refractivity contribution in [2.45, 2.75) is 116 Å². The fraction of sp³-hybridized carbons (Fsp3) is 0.710. The molecule has 0 heterocycles. The minimum Gasteiger partial charge on any atom is -0.480 e. The number of aliphatic hydroxyl groups excluding tert-OH is 2. The number of aliphatic imine (C=N–C) groups is 1. The first kappa shape index (κ1) is 47.9. The Morgan fingerprint density at radius 3 is 1.58 bits per heavy atom. The third-order valence-corrected chi connectivity index (χ3v) is 7.93. The van der Waals surface area contributed by atoms with Crippen LogP contribution in [-0.4, -0.2) is 130 Å². The number of aliphatic hydroxyl groups is 2. The summed E-state index contributed by atoms with van der Waals surface area (Å²) >= 11 is 0. The molecule has 0 spiro atoms. The van der Waals surface area contributed by atoms with Gasteiger partial charge in [-0.25, -0.2) is 4.79 Å². The van der Waals surface area contributed by atoms with Crippen molar-refractivity contribution in [3.8, 4) is 0 Å². The highest BCUT2D eigenvalue weighted by molar-refractivity contribution is 5.97. The maximum Gasteiger partial charge on any atom is 0.326 e. The van der Waals surface area contributed by atoms with Crippen molar-refractivity contribution in [1.82, 2.24) is 31.9 Å². The van der Waals surface area contributed by atoms with Crippen molar-refractivity contribution in [3.05, 3.63) is 0 Å². The van der Waals surface area contributed by atoms with Gasteiger partial charge in [-0.15, -0.1) is 0 Å². The molecule has 0 saturated carbocycles. The summed E-state index contributed by atoms with van der Waals surface area (Å²) in [6.07, 6.45) is -1.94. The number of hydrogen-bond donors (Lipinski definition) is 13. The number of rotatable bonds is 24. The number of carboxylic acid groups (broad SMARTS) is 1. The predicted octanol–water partition coefficient (Wildman–Crippen LogP) is -5.67. The van der Waals surface area contributed by atoms with Gasteiger partial charge in [-0.1, -0.05) is 34.1 Å². The molecule has 9 atom stereocenters. The summed E-state index contributed by atoms with van der Waals surface area (Å²) in [7, 11) is 0. The van der Waals surface area contributed by atoms with Gasteiger partial charge in [-0.05, 0) is 38.5 Å². The third kappa shape index (κ3) is 17.3. The zero-order valence-electron chi connectivity index (χ0n) is 30.9. The van der Waals surface area contributed by atoms with E-state index in [1.807, 2.05) is 0 Å². The summed E-state index contributed by atoms with van der Waals surface area (Å²) in [6, 6.07) is -9.92. The van der Waals surface area contributed by atoms with Crippen LogP contribution in [0.3, 0.4) is 0 Å². The van der Waals surface area contributed by atoms with Gasteiger partial charge in [-0.3, -0.25) is 38.6 Å². The molecule has 22 heteroatoms. The zero-order valence-corrected chi connectivity index (χ0v) is 30.9. The molecule has 9 unspecified atom stereocenters. The molecule has 0 aromatic heterocycles. The fourth-order valence-corrected chi connectivity index (χ4v) is 4.59. The highest BCUT2D eigenvalue weighted by Gasteiger charge is 2.37. The second kappa shape index (κ2) is 23.5. The van der Waals surface area contributed by atoms with Gasteiger partial charge in [0.05, 0.1) is 25.2 Å². The first-order valence-corrected chi connectivity index (χ1v) is 17.0. The molecule has 302 valence electrons. The highest BCUT2D eigenvalue weighted by atomic mass is 16.4. The quantitative estimate of drug-likeness (QED) is 0.0248. The van der Waals surface area contributed by atoms with E-state index in [1.54, 1.807) is 27.7 Å². The Bertz CT molecular complexity index is 1320. The molecule has 0 aliphatic carbocycles. The van der Waals surface area contributed by atoms with Crippen LogP contribution in [-0.2, 0) is 38.4 Å². The lowest BCUT2D eigenvalue weighted by molar-refractivity contribution is -0.144. The van der Waals surface area contributed by atoms with Gasteiger partial charge < -0.3 is 70.2 Å². The van der Waals surface area contributed by atoms with Crippen molar-refractivity contribution in [2.75, 3.05) is 13.2 Å². The molecule has 53 heavy (non-hydrogen) atoms. The van der Waals surface area contributed by atoms with Crippen molar-refractivity contribution in [1.29, 1.82) is 0 Å². The molecule has 7 amide bonds. The number of amides is 7. The third-order valence-electron chi connectivity index (χ3n) is 7.93. The van der Waals surface area contributed by atoms with Crippen LogP contribution in [0.1, 0.15) is 67.2 Å². The largest absolute Gasteiger partial charge is 0.480 e. The van der Waals surface area contributed by atoms with Crippen LogP contribution in [0.15, 0.2) is 4.99 Å². The van der Waals surface area contributed by atoms with Gasteiger partial charge in [0.25, 0.3) is 0 Å². The highest BCUT2D eigenvalue weighted by Crippen LogP contribution is 2.12. The molecule has 17 N–H and O–H groups in total. The topological polar surface area (TPSA) is 386 Å². The number of hydrogen-bond acceptors (Lipinski definition) is 12. The van der Waals surface area contributed by atoms with Crippen molar-refractivity contribution in [3.63, 3.8) is 0 Å². The van der Waals surface area contributed by atoms with E-state index < -0.39 is 121 Å². The van der Waals surface area contributed by atoms with Gasteiger partial charge in [0.15, 0.2) is 5.96 Å². The Morgan fingerprint density at radius 2 is 1.13 bits per heavy atom. The molecule has 0 aromatic rings. The normalized spacial score (nSPS) is 16.1. The van der Waals surface area contributed by atoms with E-state index in [1.165, 1.54) is 13.8 Å². The Morgan fingerprint density at radius 1 is 0.660 bits per heavy atom. The van der Waals surface area contributed by atoms with Crippen LogP contribution < -0.4 is 54.8 Å². The predicted molar refractivity (Wildman–Crippen MR) is 190 cm³/mol. The maximum atomic E-state index is 13.7. The van der Waals surface area contributed by atoms with E-state index in [0.717, 1.165) is 0 Å². The molecular weight excluding hydrogens is 702 g/mol. The number of carbonyl (C=O) groups excluding carboxylic acids is 7. The van der Waals surface area contributed by atoms with Crippen molar-refractivity contribution in [2.24, 2.45) is 39.8 Å². The lowest BCUT2D eigenvalue weighted by Gasteiger charge is -2.30. The van der Waals surface area contributed by atoms with Gasteiger partial charge in [0, 0.05) is 6.54 Å². The number of guanidine groups is 1. The van der Waals surface area contributed by atoms with Crippen LogP contribution >= 0.6 is 0 Å². The average molecular weight is 760 g/mol. The van der Waals surface area contributed by atoms with Crippen molar-refractivity contribution < 1.29 is 53.7 Å². The Balaban J connectivity index is 6.22. The first-order chi connectivity index (χ1) is 24.6. The SMILES string of the molecule is CCC(C)C(NC(=O)C(NC(=O)C(NC(=O)C(CO)NC(=O)C(C)N)C(C)C)C(C)O)C(=O)NC(CCCN=C(N)N)C(=O)NC(CC(N)=O)C(=O)O. The molecule has 0 bridgehead atoms. The number of nitrogens with one attached hydrogen (secondary N) is 6. The van der Waals surface area contributed by atoms with E-state index in [4.69, 9.17) is 22.9 Å². The molecule has 0 fully saturated rings. The van der Waals surface area contributed by atoms with E-state index in [2.05, 4.69) is 36.9 Å². The molecule has 0 aliphatic rings. The van der Waals surface area contributed by atoms with Crippen molar-refractivity contribution >= 4 is 53.3 Å². The summed E-state index contributed by atoms with van der Waals surface area (Å²) in [5.41, 5.74) is 21.3. The van der Waals surface area contributed by atoms with E-state index >= 15 is 0 Å². The first-order valence-electron chi connectivity index (χ1n) is 17.0. The van der Waals surface area contributed by atoms with E-state index in [9.17, 15) is 53.7 Å². The summed E-state index contributed by atoms with van der Waals surface area (Å²) in [4.78, 5) is 105. The van der Waals surface area contributed by atoms with E-state index in [0.29, 0.717) is 6.42 Å². The average Bonchev–Trinajstić information content (AvgIpc) is 3.06. The molecular formula is C31H57N11O11. The number of aliphatic carboxylic acids is 1. The lowest BCUT2D eigenvalue weighted by atomic mass is 9.96. The van der Waals surface area contributed by atoms with Gasteiger partial charge in [0.2, 0.25) is 41.4 Å². The smallest absolute Gasteiger partial charge is 0.326 e. The van der Waals surface area contributed by atoms with Crippen LogP contribution in [0.2, 0.25) is 0 Å². The Hall–Kier alpha value is -5.09. The monoisotopic (exact) mass is 759 g/mol. The van der Waals surface area contributed by atoms with Gasteiger partial charge >= 0.3 is 5.97 Å². The maximum absolute atomic E-state index is 13.7. The minimum atomic E-state index is -1.71. The molecule has 22 nitrogen and oxygen atoms in total.